The molecule has 3 rings (SSSR count). The molecule has 0 atom stereocenters. The molecule has 0 fully saturated rings. The molecule has 3 aromatic rings. The molecule has 0 saturated heterocycles. The summed E-state index contributed by atoms with van der Waals surface area (Å²) >= 11 is 0. The Morgan fingerprint density at radius 2 is 1.83 bits per heavy atom. The van der Waals surface area contributed by atoms with Crippen molar-refractivity contribution in [3.8, 4) is 5.88 Å². The maximum absolute atomic E-state index is 10.1. The van der Waals surface area contributed by atoms with E-state index >= 15 is 0 Å². The fourth-order valence-electron chi connectivity index (χ4n) is 2.40. The number of hydrogen-bond acceptors (Lipinski definition) is 3. The van der Waals surface area contributed by atoms with Crippen LogP contribution in [0, 0.1) is 0 Å². The van der Waals surface area contributed by atoms with Crippen molar-refractivity contribution in [3.63, 3.8) is 0 Å². The molecule has 0 bridgehead atoms. The smallest absolute Gasteiger partial charge is 0.196 e. The van der Waals surface area contributed by atoms with Gasteiger partial charge in [-0.1, -0.05) is 48.5 Å². The first kappa shape index (κ1) is 14.8. The fraction of sp³-hybridized carbons (Fsp3) is 0.0526. The minimum Gasteiger partial charge on any atom is -0.494 e. The largest absolute Gasteiger partial charge is 0.494 e. The SMILES string of the molecule is C=NC(C=NCc1ccccc1)=Cc1c(O)[nH]c2ccccc12. The van der Waals surface area contributed by atoms with Gasteiger partial charge in [-0.05, 0) is 24.4 Å². The standard InChI is InChI=1S/C19H17N3O/c1-20-15(13-21-12-14-7-3-2-4-8-14)11-17-16-9-5-6-10-18(16)22-19(17)23/h2-11,13,22-23H,1,12H2. The molecular formula is C19H17N3O. The van der Waals surface area contributed by atoms with E-state index < -0.39 is 0 Å². The molecular weight excluding hydrogens is 286 g/mol. The van der Waals surface area contributed by atoms with Gasteiger partial charge in [0.2, 0.25) is 0 Å². The van der Waals surface area contributed by atoms with Crippen LogP contribution < -0.4 is 0 Å². The van der Waals surface area contributed by atoms with Gasteiger partial charge >= 0.3 is 0 Å². The molecule has 0 saturated carbocycles. The van der Waals surface area contributed by atoms with E-state index in [2.05, 4.69) is 21.7 Å². The van der Waals surface area contributed by atoms with E-state index in [9.17, 15) is 5.11 Å². The second kappa shape index (κ2) is 6.75. The number of aromatic amines is 1. The maximum Gasteiger partial charge on any atom is 0.196 e. The molecule has 23 heavy (non-hydrogen) atoms. The monoisotopic (exact) mass is 303 g/mol. The molecule has 0 aliphatic heterocycles. The molecule has 1 aromatic heterocycles. The van der Waals surface area contributed by atoms with Gasteiger partial charge in [0.05, 0.1) is 12.2 Å². The summed E-state index contributed by atoms with van der Waals surface area (Å²) < 4.78 is 0. The Kier molecular flexibility index (Phi) is 4.34. The van der Waals surface area contributed by atoms with Crippen LogP contribution in [0.4, 0.5) is 0 Å². The summed E-state index contributed by atoms with van der Waals surface area (Å²) in [6.45, 7) is 4.15. The van der Waals surface area contributed by atoms with Gasteiger partial charge in [-0.25, -0.2) is 0 Å². The second-order valence-corrected chi connectivity index (χ2v) is 5.12. The third kappa shape index (κ3) is 3.37. The average Bonchev–Trinajstić information content (AvgIpc) is 2.90. The predicted molar refractivity (Wildman–Crippen MR) is 96.1 cm³/mol. The number of aromatic nitrogens is 1. The predicted octanol–water partition coefficient (Wildman–Crippen LogP) is 4.19. The fourth-order valence-corrected chi connectivity index (χ4v) is 2.40. The number of nitrogens with zero attached hydrogens (tertiary/aromatic N) is 2. The van der Waals surface area contributed by atoms with Crippen molar-refractivity contribution in [2.45, 2.75) is 6.54 Å². The highest BCUT2D eigenvalue weighted by Crippen LogP contribution is 2.28. The van der Waals surface area contributed by atoms with Gasteiger partial charge in [0.25, 0.3) is 0 Å². The molecule has 0 amide bonds. The Hall–Kier alpha value is -3.14. The Bertz CT molecular complexity index is 876. The summed E-state index contributed by atoms with van der Waals surface area (Å²) in [5.74, 6) is 0.115. The number of nitrogens with one attached hydrogen (secondary N) is 1. The minimum atomic E-state index is 0.115. The Morgan fingerprint density at radius 1 is 1.09 bits per heavy atom. The van der Waals surface area contributed by atoms with E-state index in [-0.39, 0.29) is 5.88 Å². The summed E-state index contributed by atoms with van der Waals surface area (Å²) in [6.07, 6.45) is 3.44. The van der Waals surface area contributed by atoms with Crippen LogP contribution in [-0.2, 0) is 6.54 Å². The van der Waals surface area contributed by atoms with Crippen LogP contribution in [0.2, 0.25) is 0 Å². The highest BCUT2D eigenvalue weighted by molar-refractivity contribution is 5.96. The third-order valence-electron chi connectivity index (χ3n) is 3.54. The number of hydrogen-bond donors (Lipinski definition) is 2. The van der Waals surface area contributed by atoms with Crippen molar-refractivity contribution in [3.05, 3.63) is 71.4 Å². The van der Waals surface area contributed by atoms with Gasteiger partial charge in [-0.3, -0.25) is 9.98 Å². The quantitative estimate of drug-likeness (QED) is 0.682. The lowest BCUT2D eigenvalue weighted by atomic mass is 10.1. The Labute approximate surface area is 134 Å². The minimum absolute atomic E-state index is 0.115. The first-order valence-corrected chi connectivity index (χ1v) is 7.30. The zero-order valence-electron chi connectivity index (χ0n) is 12.6. The van der Waals surface area contributed by atoms with E-state index in [0.29, 0.717) is 17.8 Å². The topological polar surface area (TPSA) is 60.7 Å². The lowest BCUT2D eigenvalue weighted by Gasteiger charge is -1.97. The molecule has 0 unspecified atom stereocenters. The summed E-state index contributed by atoms with van der Waals surface area (Å²) in [4.78, 5) is 11.3. The Balaban J connectivity index is 1.86. The number of rotatable bonds is 5. The third-order valence-corrected chi connectivity index (χ3v) is 3.54. The van der Waals surface area contributed by atoms with Crippen LogP contribution in [0.1, 0.15) is 11.1 Å². The van der Waals surface area contributed by atoms with Crippen molar-refractivity contribution in [1.29, 1.82) is 0 Å². The molecule has 1 heterocycles. The number of benzene rings is 2. The van der Waals surface area contributed by atoms with Gasteiger partial charge in [-0.2, -0.15) is 0 Å². The zero-order chi connectivity index (χ0) is 16.1. The van der Waals surface area contributed by atoms with Crippen molar-refractivity contribution < 1.29 is 5.11 Å². The number of aliphatic imine (C=N–C) groups is 2. The van der Waals surface area contributed by atoms with E-state index in [4.69, 9.17) is 0 Å². The normalized spacial score (nSPS) is 12.1. The van der Waals surface area contributed by atoms with Crippen LogP contribution >= 0.6 is 0 Å². The first-order chi connectivity index (χ1) is 11.3. The molecule has 2 N–H and O–H groups in total. The van der Waals surface area contributed by atoms with Gasteiger partial charge in [0, 0.05) is 22.7 Å². The highest BCUT2D eigenvalue weighted by Gasteiger charge is 2.08. The lowest BCUT2D eigenvalue weighted by Crippen LogP contribution is -1.85. The summed E-state index contributed by atoms with van der Waals surface area (Å²) in [5.41, 5.74) is 3.29. The van der Waals surface area contributed by atoms with Crippen LogP contribution in [0.25, 0.3) is 17.0 Å². The molecule has 0 radical (unpaired) electrons. The molecule has 2 aromatic carbocycles. The molecule has 114 valence electrons. The van der Waals surface area contributed by atoms with E-state index in [1.807, 2.05) is 54.6 Å². The molecule has 4 nitrogen and oxygen atoms in total. The van der Waals surface area contributed by atoms with Crippen LogP contribution in [-0.4, -0.2) is 23.0 Å². The highest BCUT2D eigenvalue weighted by atomic mass is 16.3. The van der Waals surface area contributed by atoms with Gasteiger partial charge in [0.15, 0.2) is 5.88 Å². The van der Waals surface area contributed by atoms with Crippen LogP contribution in [0.5, 0.6) is 5.88 Å². The van der Waals surface area contributed by atoms with Crippen molar-refractivity contribution in [2.24, 2.45) is 9.98 Å². The lowest BCUT2D eigenvalue weighted by molar-refractivity contribution is 0.457. The van der Waals surface area contributed by atoms with Crippen molar-refractivity contribution in [2.75, 3.05) is 0 Å². The van der Waals surface area contributed by atoms with E-state index in [1.165, 1.54) is 0 Å². The number of para-hydroxylation sites is 1. The number of fused-ring (bicyclic) bond motifs is 1. The molecule has 4 heteroatoms. The molecule has 0 aliphatic carbocycles. The van der Waals surface area contributed by atoms with Gasteiger partial charge in [0.1, 0.15) is 0 Å². The second-order valence-electron chi connectivity index (χ2n) is 5.12. The zero-order valence-corrected chi connectivity index (χ0v) is 12.6. The van der Waals surface area contributed by atoms with Crippen molar-refractivity contribution >= 4 is 29.9 Å². The number of aromatic hydroxyl groups is 1. The summed E-state index contributed by atoms with van der Waals surface area (Å²) in [7, 11) is 0. The maximum atomic E-state index is 10.1. The van der Waals surface area contributed by atoms with Gasteiger partial charge < -0.3 is 10.1 Å². The average molecular weight is 303 g/mol. The van der Waals surface area contributed by atoms with E-state index in [0.717, 1.165) is 16.5 Å². The Morgan fingerprint density at radius 3 is 2.61 bits per heavy atom. The summed E-state index contributed by atoms with van der Waals surface area (Å²) in [6, 6.07) is 17.7. The molecule has 0 aliphatic rings. The van der Waals surface area contributed by atoms with Crippen molar-refractivity contribution in [1.82, 2.24) is 4.98 Å². The number of H-pyrrole nitrogens is 1. The van der Waals surface area contributed by atoms with Crippen LogP contribution in [0.15, 0.2) is 70.3 Å². The number of allylic oxidation sites excluding steroid dienone is 1. The molecule has 0 spiro atoms. The first-order valence-electron chi connectivity index (χ1n) is 7.30. The summed E-state index contributed by atoms with van der Waals surface area (Å²) in [5, 5.41) is 11.0. The van der Waals surface area contributed by atoms with E-state index in [1.54, 1.807) is 12.3 Å². The van der Waals surface area contributed by atoms with Gasteiger partial charge in [-0.15, -0.1) is 0 Å². The van der Waals surface area contributed by atoms with Crippen LogP contribution in [0.3, 0.4) is 0 Å².